The first-order chi connectivity index (χ1) is 19.2. The topological polar surface area (TPSA) is 221 Å². The van der Waals surface area contributed by atoms with Gasteiger partial charge in [-0.15, -0.1) is 0 Å². The second kappa shape index (κ2) is 21.4. The zero-order valence-corrected chi connectivity index (χ0v) is 23.3. The highest BCUT2D eigenvalue weighted by Gasteiger charge is 2.23. The summed E-state index contributed by atoms with van der Waals surface area (Å²) in [6.07, 6.45) is 5.38. The maximum atomic E-state index is 12.5. The molecule has 0 spiro atoms. The summed E-state index contributed by atoms with van der Waals surface area (Å²) in [7, 11) is 0. The van der Waals surface area contributed by atoms with E-state index < -0.39 is 23.8 Å². The second-order valence-electron chi connectivity index (χ2n) is 9.58. The third-order valence-corrected chi connectivity index (χ3v) is 5.99. The van der Waals surface area contributed by atoms with Gasteiger partial charge in [-0.25, -0.2) is 0 Å². The molecule has 226 valence electrons. The number of nitrogens with one attached hydrogen (secondary N) is 5. The maximum absolute atomic E-state index is 12.5. The summed E-state index contributed by atoms with van der Waals surface area (Å²) < 4.78 is 0. The normalized spacial score (nSPS) is 11.5. The molecule has 0 aliphatic rings. The number of phenolic OH excluding ortho intramolecular Hbond substituents is 2. The number of carbonyl (C=O) groups excluding carboxylic acids is 4. The summed E-state index contributed by atoms with van der Waals surface area (Å²) in [5.41, 5.74) is 10.8. The molecular formula is C27H47N7O6. The number of aromatic hydroxyl groups is 2. The highest BCUT2D eigenvalue weighted by Crippen LogP contribution is 2.22. The minimum absolute atomic E-state index is 0.00696. The van der Waals surface area contributed by atoms with Crippen LogP contribution in [0.15, 0.2) is 18.2 Å². The van der Waals surface area contributed by atoms with Gasteiger partial charge in [0.1, 0.15) is 17.5 Å². The van der Waals surface area contributed by atoms with E-state index in [0.717, 1.165) is 70.8 Å². The lowest BCUT2D eigenvalue weighted by molar-refractivity contribution is -0.131. The van der Waals surface area contributed by atoms with Gasteiger partial charge in [-0.3, -0.25) is 19.2 Å². The number of carbonyl (C=O) groups is 4. The zero-order valence-electron chi connectivity index (χ0n) is 23.3. The first-order valence-corrected chi connectivity index (χ1v) is 14.0. The van der Waals surface area contributed by atoms with Crippen molar-refractivity contribution in [3.63, 3.8) is 0 Å². The van der Waals surface area contributed by atoms with Crippen LogP contribution >= 0.6 is 0 Å². The third kappa shape index (κ3) is 17.2. The van der Waals surface area contributed by atoms with Crippen LogP contribution in [-0.2, 0) is 25.6 Å². The molecule has 0 unspecified atom stereocenters. The molecule has 0 fully saturated rings. The Labute approximate surface area is 236 Å². The van der Waals surface area contributed by atoms with E-state index in [4.69, 9.17) is 11.5 Å². The van der Waals surface area contributed by atoms with E-state index in [0.29, 0.717) is 26.1 Å². The average molecular weight is 566 g/mol. The molecule has 40 heavy (non-hydrogen) atoms. The molecule has 0 aliphatic heterocycles. The van der Waals surface area contributed by atoms with Crippen LogP contribution in [0.1, 0.15) is 56.9 Å². The van der Waals surface area contributed by atoms with Crippen molar-refractivity contribution in [2.75, 3.05) is 45.8 Å². The summed E-state index contributed by atoms with van der Waals surface area (Å²) in [5.74, 6) is -2.16. The van der Waals surface area contributed by atoms with Crippen molar-refractivity contribution < 1.29 is 29.4 Å². The number of amides is 4. The lowest BCUT2D eigenvalue weighted by Crippen LogP contribution is -2.49. The second-order valence-corrected chi connectivity index (χ2v) is 9.58. The maximum Gasteiger partial charge on any atom is 0.243 e. The Morgan fingerprint density at radius 1 is 0.775 bits per heavy atom. The van der Waals surface area contributed by atoms with Gasteiger partial charge in [0.15, 0.2) is 0 Å². The van der Waals surface area contributed by atoms with Gasteiger partial charge in [0.25, 0.3) is 0 Å². The van der Waals surface area contributed by atoms with Gasteiger partial charge >= 0.3 is 0 Å². The van der Waals surface area contributed by atoms with Gasteiger partial charge in [-0.2, -0.15) is 0 Å². The van der Waals surface area contributed by atoms with Gasteiger partial charge in [-0.1, -0.05) is 12.5 Å². The summed E-state index contributed by atoms with van der Waals surface area (Å²) in [6, 6.07) is 2.74. The van der Waals surface area contributed by atoms with E-state index in [1.807, 2.05) is 0 Å². The lowest BCUT2D eigenvalue weighted by atomic mass is 10.1. The predicted octanol–water partition coefficient (Wildman–Crippen LogP) is -0.898. The standard InChI is InChI=1S/C27H47N7O6/c28-10-9-25(38)32-15-5-4-12-31-14-6-13-30-11-2-1-3-16-33-27(40)22(19-24(29)37)34-26(39)17-20-7-8-21(35)18-23(20)36/h7-8,18,22,30-31,35-36H,1-6,9-17,19,28H2,(H2,29,37)(H,32,38)(H,33,40)(H,34,39)/t22-/m0/s1. The van der Waals surface area contributed by atoms with Gasteiger partial charge in [0.2, 0.25) is 23.6 Å². The van der Waals surface area contributed by atoms with Crippen LogP contribution in [0, 0.1) is 0 Å². The molecule has 1 aromatic rings. The molecule has 4 amide bonds. The van der Waals surface area contributed by atoms with Crippen LogP contribution in [0.5, 0.6) is 11.5 Å². The molecule has 1 atom stereocenters. The van der Waals surface area contributed by atoms with E-state index in [1.54, 1.807) is 0 Å². The SMILES string of the molecule is NCCC(=O)NCCCCNCCCNCCCCCNC(=O)[C@H](CC(N)=O)NC(=O)Cc1ccc(O)cc1O. The molecule has 13 nitrogen and oxygen atoms in total. The smallest absolute Gasteiger partial charge is 0.243 e. The van der Waals surface area contributed by atoms with Crippen LogP contribution in [0.2, 0.25) is 0 Å². The monoisotopic (exact) mass is 565 g/mol. The summed E-state index contributed by atoms with van der Waals surface area (Å²) in [4.78, 5) is 47.5. The van der Waals surface area contributed by atoms with Crippen LogP contribution in [-0.4, -0.2) is 85.7 Å². The van der Waals surface area contributed by atoms with Crippen molar-refractivity contribution in [3.8, 4) is 11.5 Å². The van der Waals surface area contributed by atoms with Crippen molar-refractivity contribution >= 4 is 23.6 Å². The number of phenols is 2. The Hall–Kier alpha value is -3.42. The Morgan fingerprint density at radius 3 is 2.02 bits per heavy atom. The molecule has 11 N–H and O–H groups in total. The number of hydrogen-bond donors (Lipinski definition) is 9. The summed E-state index contributed by atoms with van der Waals surface area (Å²) >= 11 is 0. The molecule has 0 aliphatic carbocycles. The van der Waals surface area contributed by atoms with Gasteiger partial charge in [-0.05, 0) is 64.3 Å². The first-order valence-electron chi connectivity index (χ1n) is 14.0. The van der Waals surface area contributed by atoms with E-state index in [1.165, 1.54) is 12.1 Å². The van der Waals surface area contributed by atoms with Gasteiger partial charge in [0, 0.05) is 37.7 Å². The molecule has 0 saturated carbocycles. The Morgan fingerprint density at radius 2 is 1.38 bits per heavy atom. The van der Waals surface area contributed by atoms with Crippen molar-refractivity contribution in [2.24, 2.45) is 11.5 Å². The number of hydrogen-bond acceptors (Lipinski definition) is 9. The van der Waals surface area contributed by atoms with Crippen molar-refractivity contribution in [1.82, 2.24) is 26.6 Å². The summed E-state index contributed by atoms with van der Waals surface area (Å²) in [5, 5.41) is 34.0. The fourth-order valence-corrected chi connectivity index (χ4v) is 3.83. The van der Waals surface area contributed by atoms with Gasteiger partial charge in [0.05, 0.1) is 12.8 Å². The minimum atomic E-state index is -1.11. The van der Waals surface area contributed by atoms with E-state index in [-0.39, 0.29) is 35.8 Å². The highest BCUT2D eigenvalue weighted by molar-refractivity contribution is 5.92. The molecule has 0 aromatic heterocycles. The van der Waals surface area contributed by atoms with E-state index in [9.17, 15) is 29.4 Å². The highest BCUT2D eigenvalue weighted by atomic mass is 16.3. The summed E-state index contributed by atoms with van der Waals surface area (Å²) in [6.45, 7) is 5.10. The third-order valence-electron chi connectivity index (χ3n) is 5.99. The average Bonchev–Trinajstić information content (AvgIpc) is 2.89. The Kier molecular flexibility index (Phi) is 18.5. The van der Waals surface area contributed by atoms with Gasteiger partial charge < -0.3 is 48.3 Å². The van der Waals surface area contributed by atoms with Crippen LogP contribution in [0.25, 0.3) is 0 Å². The molecule has 1 rings (SSSR count). The van der Waals surface area contributed by atoms with Crippen molar-refractivity contribution in [3.05, 3.63) is 23.8 Å². The fourth-order valence-electron chi connectivity index (χ4n) is 3.83. The van der Waals surface area contributed by atoms with Crippen LogP contribution < -0.4 is 38.1 Å². The number of unbranched alkanes of at least 4 members (excludes halogenated alkanes) is 3. The van der Waals surface area contributed by atoms with E-state index in [2.05, 4.69) is 26.6 Å². The predicted molar refractivity (Wildman–Crippen MR) is 152 cm³/mol. The number of nitrogens with two attached hydrogens (primary N) is 2. The van der Waals surface area contributed by atoms with Crippen LogP contribution in [0.3, 0.4) is 0 Å². The lowest BCUT2D eigenvalue weighted by Gasteiger charge is -2.17. The fraction of sp³-hybridized carbons (Fsp3) is 0.630. The molecule has 0 radical (unpaired) electrons. The molecule has 0 saturated heterocycles. The van der Waals surface area contributed by atoms with E-state index >= 15 is 0 Å². The first kappa shape index (κ1) is 34.6. The Balaban J connectivity index is 2.08. The number of rotatable bonds is 23. The van der Waals surface area contributed by atoms with Crippen LogP contribution in [0.4, 0.5) is 0 Å². The molecule has 0 heterocycles. The van der Waals surface area contributed by atoms with Crippen molar-refractivity contribution in [1.29, 1.82) is 0 Å². The molecule has 1 aromatic carbocycles. The molecule has 0 bridgehead atoms. The largest absolute Gasteiger partial charge is 0.508 e. The molecule has 13 heteroatoms. The molecular weight excluding hydrogens is 518 g/mol. The van der Waals surface area contributed by atoms with Crippen molar-refractivity contribution in [2.45, 2.75) is 63.8 Å². The number of primary amides is 1. The minimum Gasteiger partial charge on any atom is -0.508 e. The number of benzene rings is 1. The Bertz CT molecular complexity index is 915. The quantitative estimate of drug-likeness (QED) is 0.0749. The zero-order chi connectivity index (χ0) is 29.6.